The van der Waals surface area contributed by atoms with E-state index in [1.165, 1.54) is 0 Å². The third kappa shape index (κ3) is 9.53. The second-order valence-corrected chi connectivity index (χ2v) is 13.5. The van der Waals surface area contributed by atoms with Crippen LogP contribution in [0.15, 0.2) is 87.5 Å². The molecule has 0 spiro atoms. The van der Waals surface area contributed by atoms with Crippen LogP contribution < -0.4 is 14.2 Å². The van der Waals surface area contributed by atoms with E-state index >= 15 is 0 Å². The van der Waals surface area contributed by atoms with Gasteiger partial charge in [-0.1, -0.05) is 18.2 Å². The van der Waals surface area contributed by atoms with Crippen LogP contribution in [0.5, 0.6) is 17.2 Å². The van der Waals surface area contributed by atoms with Crippen molar-refractivity contribution in [3.63, 3.8) is 0 Å². The molecular weight excluding hydrogens is 830 g/mol. The fourth-order valence-corrected chi connectivity index (χ4v) is 6.49. The Kier molecular flexibility index (Phi) is 12.5. The Bertz CT molecular complexity index is 1520. The van der Waals surface area contributed by atoms with Crippen LogP contribution in [0.3, 0.4) is 0 Å². The molecule has 6 nitrogen and oxygen atoms in total. The average molecular weight is 853 g/mol. The van der Waals surface area contributed by atoms with Crippen molar-refractivity contribution in [1.82, 2.24) is 0 Å². The average Bonchev–Trinajstić information content (AvgIpc) is 3.02. The number of ether oxygens (including phenoxy) is 3. The van der Waals surface area contributed by atoms with E-state index in [0.717, 1.165) is 72.8 Å². The largest absolute Gasteiger partial charge is 0.490 e. The predicted molar refractivity (Wildman–Crippen MR) is 151 cm³/mol. The highest BCUT2D eigenvalue weighted by Crippen LogP contribution is 2.54. The van der Waals surface area contributed by atoms with Gasteiger partial charge < -0.3 is 29.5 Å². The van der Waals surface area contributed by atoms with Crippen LogP contribution >= 0.6 is 10.9 Å². The molecular formula is C30H22F18O6S. The maximum absolute atomic E-state index is 13.2. The third-order valence-corrected chi connectivity index (χ3v) is 9.77. The molecule has 0 bridgehead atoms. The first-order chi connectivity index (χ1) is 24.7. The van der Waals surface area contributed by atoms with E-state index in [1.54, 1.807) is 0 Å². The molecule has 3 aromatic rings. The number of alkyl halides is 18. The molecule has 3 aromatic carbocycles. The summed E-state index contributed by atoms with van der Waals surface area (Å²) in [6, 6.07) is 10.7. The van der Waals surface area contributed by atoms with Gasteiger partial charge in [-0.05, 0) is 69.3 Å². The summed E-state index contributed by atoms with van der Waals surface area (Å²) in [6.45, 7) is -7.43. The molecule has 0 aliphatic heterocycles. The summed E-state index contributed by atoms with van der Waals surface area (Å²) in [5, 5.41) is 28.3. The number of thiol groups is 1. The summed E-state index contributed by atoms with van der Waals surface area (Å²) < 4.78 is 252. The Balaban J connectivity index is 2.14. The van der Waals surface area contributed by atoms with Gasteiger partial charge in [0, 0.05) is 0 Å². The van der Waals surface area contributed by atoms with Crippen LogP contribution in [0.1, 0.15) is 0 Å². The monoisotopic (exact) mass is 852 g/mol. The van der Waals surface area contributed by atoms with Crippen molar-refractivity contribution in [2.24, 2.45) is 0 Å². The van der Waals surface area contributed by atoms with Crippen LogP contribution in [-0.4, -0.2) is 89.0 Å². The molecule has 0 saturated heterocycles. The van der Waals surface area contributed by atoms with Gasteiger partial charge in [-0.25, -0.2) is 0 Å². The summed E-state index contributed by atoms with van der Waals surface area (Å²) in [4.78, 5) is -0.685. The first kappa shape index (κ1) is 45.4. The number of hydrogen-bond acceptors (Lipinski definition) is 6. The van der Waals surface area contributed by atoms with E-state index in [9.17, 15) is 94.3 Å². The number of benzene rings is 3. The molecule has 3 N–H and O–H groups in total. The second kappa shape index (κ2) is 15.2. The minimum Gasteiger partial charge on any atom is -0.490 e. The molecule has 0 saturated carbocycles. The van der Waals surface area contributed by atoms with Crippen molar-refractivity contribution in [1.29, 1.82) is 0 Å². The van der Waals surface area contributed by atoms with Crippen LogP contribution in [0.25, 0.3) is 0 Å². The van der Waals surface area contributed by atoms with Gasteiger partial charge in [0.05, 0.1) is 0 Å². The molecule has 310 valence electrons. The van der Waals surface area contributed by atoms with Crippen molar-refractivity contribution in [2.45, 2.75) is 68.5 Å². The van der Waals surface area contributed by atoms with Gasteiger partial charge in [0.15, 0.2) is 0 Å². The minimum atomic E-state index is -6.33. The lowest BCUT2D eigenvalue weighted by Gasteiger charge is -2.32. The number of halogens is 18. The highest BCUT2D eigenvalue weighted by molar-refractivity contribution is 8.17. The quantitative estimate of drug-likeness (QED) is 0.108. The van der Waals surface area contributed by atoms with Crippen LogP contribution in [0.2, 0.25) is 0 Å². The van der Waals surface area contributed by atoms with E-state index in [2.05, 4.69) is 14.2 Å². The van der Waals surface area contributed by atoms with Crippen LogP contribution in [0, 0.1) is 0 Å². The highest BCUT2D eigenvalue weighted by Gasteiger charge is 2.73. The second-order valence-electron chi connectivity index (χ2n) is 11.3. The smallest absolute Gasteiger partial charge is 0.429 e. The Morgan fingerprint density at radius 3 is 0.745 bits per heavy atom. The van der Waals surface area contributed by atoms with E-state index in [-0.39, 0.29) is 14.7 Å². The molecule has 25 heteroatoms. The summed E-state index contributed by atoms with van der Waals surface area (Å²) in [6.07, 6.45) is -38.0. The fraction of sp³-hybridized carbons (Fsp3) is 0.400. The first-order valence-corrected chi connectivity index (χ1v) is 15.6. The Hall–Kier alpha value is -3.97. The molecule has 55 heavy (non-hydrogen) atoms. The predicted octanol–water partition coefficient (Wildman–Crippen LogP) is 8.87. The van der Waals surface area contributed by atoms with Gasteiger partial charge in [0.25, 0.3) is 16.8 Å². The molecule has 0 amide bonds. The highest BCUT2D eigenvalue weighted by atomic mass is 32.2. The van der Waals surface area contributed by atoms with Crippen molar-refractivity contribution >= 4 is 10.9 Å². The van der Waals surface area contributed by atoms with E-state index in [4.69, 9.17) is 0 Å². The van der Waals surface area contributed by atoms with E-state index in [0.29, 0.717) is 0 Å². The molecule has 0 atom stereocenters. The topological polar surface area (TPSA) is 88.4 Å². The summed E-state index contributed by atoms with van der Waals surface area (Å²) in [5.74, 6) is -2.47. The van der Waals surface area contributed by atoms with E-state index in [1.807, 2.05) is 0 Å². The molecule has 0 heterocycles. The normalized spacial score (nSPS) is 14.5. The third-order valence-electron chi connectivity index (χ3n) is 7.38. The Morgan fingerprint density at radius 1 is 0.364 bits per heavy atom. The molecule has 0 radical (unpaired) electrons. The van der Waals surface area contributed by atoms with Gasteiger partial charge in [-0.15, -0.1) is 0 Å². The van der Waals surface area contributed by atoms with Crippen molar-refractivity contribution in [2.75, 3.05) is 19.8 Å². The van der Waals surface area contributed by atoms with Gasteiger partial charge in [-0.2, -0.15) is 89.9 Å². The van der Waals surface area contributed by atoms with E-state index < -0.39 is 102 Å². The molecule has 3 rings (SSSR count). The Labute approximate surface area is 298 Å². The van der Waals surface area contributed by atoms with Gasteiger partial charge in [0.2, 0.25) is 0 Å². The number of hydrogen-bond donors (Lipinski definition) is 4. The molecule has 0 aromatic heterocycles. The zero-order valence-electron chi connectivity index (χ0n) is 26.4. The SMILES string of the molecule is OC(COc1cccc([SH](c2cccc(OCC(O)(C(F)(F)F)C(F)(F)F)c2)c2cccc(OCC(O)(C(F)(F)F)C(F)(F)F)c2)c1)(C(F)(F)F)C(F)(F)F. The summed E-state index contributed by atoms with van der Waals surface area (Å²) in [5.41, 5.74) is -16.2. The summed E-state index contributed by atoms with van der Waals surface area (Å²) >= 11 is 0. The maximum atomic E-state index is 13.2. The lowest BCUT2D eigenvalue weighted by molar-refractivity contribution is -0.374. The first-order valence-electron chi connectivity index (χ1n) is 14.2. The van der Waals surface area contributed by atoms with Gasteiger partial charge >= 0.3 is 37.1 Å². The van der Waals surface area contributed by atoms with Crippen molar-refractivity contribution in [3.8, 4) is 17.2 Å². The fourth-order valence-electron chi connectivity index (χ4n) is 4.12. The number of aliphatic hydroxyl groups is 3. The summed E-state index contributed by atoms with van der Waals surface area (Å²) in [7, 11) is -2.51. The van der Waals surface area contributed by atoms with Crippen LogP contribution in [0.4, 0.5) is 79.0 Å². The molecule has 0 aliphatic rings. The molecule has 0 unspecified atom stereocenters. The van der Waals surface area contributed by atoms with Crippen molar-refractivity contribution < 1.29 is 109 Å². The lowest BCUT2D eigenvalue weighted by atomic mass is 10.0. The standard InChI is InChI=1S/C30H22F18O6S/c31-25(32,33)22(49,26(34,35)36)13-52-16-4-1-7-19(10-16)55(20-8-2-5-17(11-20)53-14-23(50,27(37,38)39)28(40,41)42)21-9-3-6-18(12-21)54-15-24(51,29(43,44)45)30(46,47)48/h1-12,49-51,55H,13-15H2. The molecule has 0 aliphatic carbocycles. The zero-order chi connectivity index (χ0) is 42.3. The Morgan fingerprint density at radius 2 is 0.564 bits per heavy atom. The van der Waals surface area contributed by atoms with Gasteiger partial charge in [-0.3, -0.25) is 0 Å². The number of rotatable bonds is 12. The zero-order valence-corrected chi connectivity index (χ0v) is 27.3. The maximum Gasteiger partial charge on any atom is 0.429 e. The van der Waals surface area contributed by atoms with Gasteiger partial charge in [0.1, 0.15) is 37.1 Å². The van der Waals surface area contributed by atoms with Crippen molar-refractivity contribution in [3.05, 3.63) is 72.8 Å². The van der Waals surface area contributed by atoms with Crippen LogP contribution in [-0.2, 0) is 0 Å². The lowest BCUT2D eigenvalue weighted by Crippen LogP contribution is -2.60. The molecule has 0 fully saturated rings. The minimum absolute atomic E-state index is 0.228.